The van der Waals surface area contributed by atoms with Gasteiger partial charge in [-0.15, -0.1) is 10.2 Å². The van der Waals surface area contributed by atoms with Crippen LogP contribution < -0.4 is 5.32 Å². The minimum absolute atomic E-state index is 0.0863. The number of carbonyl (C=O) groups is 1. The Balaban J connectivity index is 1.72. The highest BCUT2D eigenvalue weighted by molar-refractivity contribution is 8.00. The molecule has 1 unspecified atom stereocenters. The summed E-state index contributed by atoms with van der Waals surface area (Å²) in [4.78, 5) is 12.8. The van der Waals surface area contributed by atoms with Gasteiger partial charge >= 0.3 is 0 Å². The first-order valence-electron chi connectivity index (χ1n) is 9.33. The zero-order chi connectivity index (χ0) is 20.3. The molecule has 0 aliphatic carbocycles. The molecule has 0 aliphatic rings. The first-order chi connectivity index (χ1) is 13.4. The Morgan fingerprint density at radius 2 is 1.71 bits per heavy atom. The van der Waals surface area contributed by atoms with E-state index < -0.39 is 0 Å². The van der Waals surface area contributed by atoms with Crippen molar-refractivity contribution < 1.29 is 9.21 Å². The van der Waals surface area contributed by atoms with Crippen molar-refractivity contribution in [2.45, 2.75) is 51.0 Å². The van der Waals surface area contributed by atoms with Crippen molar-refractivity contribution in [1.82, 2.24) is 10.2 Å². The van der Waals surface area contributed by atoms with Crippen LogP contribution in [0.25, 0.3) is 11.5 Å². The molecule has 0 saturated carbocycles. The van der Waals surface area contributed by atoms with E-state index in [1.165, 1.54) is 11.8 Å². The average Bonchev–Trinajstić information content (AvgIpc) is 3.11. The molecule has 2 aromatic carbocycles. The van der Waals surface area contributed by atoms with Gasteiger partial charge in [0.15, 0.2) is 0 Å². The Morgan fingerprint density at radius 1 is 1.00 bits per heavy atom. The molecule has 1 N–H and O–H groups in total. The van der Waals surface area contributed by atoms with Gasteiger partial charge < -0.3 is 9.73 Å². The molecule has 3 rings (SSSR count). The Hall–Kier alpha value is -2.60. The number of nitrogens with zero attached hydrogens (tertiary/aromatic N) is 2. The van der Waals surface area contributed by atoms with E-state index >= 15 is 0 Å². The van der Waals surface area contributed by atoms with E-state index in [1.54, 1.807) is 0 Å². The summed E-state index contributed by atoms with van der Waals surface area (Å²) in [5, 5.41) is 11.3. The summed E-state index contributed by atoms with van der Waals surface area (Å²) in [5.74, 6) is 0.705. The standard InChI is InChI=1S/C22H25N3O2S/c1-13(2)17-12-8-10-15(4)19(17)23-20(26)16(5)28-22-25-24-21(27-22)18-11-7-6-9-14(18)3/h6-13,16H,1-5H3,(H,23,26). The summed E-state index contributed by atoms with van der Waals surface area (Å²) in [6.45, 7) is 10.1. The van der Waals surface area contributed by atoms with Crippen LogP contribution in [-0.4, -0.2) is 21.4 Å². The minimum atomic E-state index is -0.371. The summed E-state index contributed by atoms with van der Waals surface area (Å²) >= 11 is 1.26. The van der Waals surface area contributed by atoms with Crippen LogP contribution >= 0.6 is 11.8 Å². The number of para-hydroxylation sites is 1. The van der Waals surface area contributed by atoms with Crippen molar-refractivity contribution in [3.8, 4) is 11.5 Å². The number of aromatic nitrogens is 2. The van der Waals surface area contributed by atoms with E-state index in [1.807, 2.05) is 57.2 Å². The average molecular weight is 396 g/mol. The lowest BCUT2D eigenvalue weighted by Crippen LogP contribution is -2.23. The predicted octanol–water partition coefficient (Wildman–Crippen LogP) is 5.60. The normalized spacial score (nSPS) is 12.2. The first-order valence-corrected chi connectivity index (χ1v) is 10.2. The van der Waals surface area contributed by atoms with Gasteiger partial charge in [-0.2, -0.15) is 0 Å². The molecule has 5 nitrogen and oxygen atoms in total. The summed E-state index contributed by atoms with van der Waals surface area (Å²) < 4.78 is 5.77. The number of amides is 1. The molecule has 0 aliphatic heterocycles. The van der Waals surface area contributed by atoms with Crippen LogP contribution in [0.1, 0.15) is 43.4 Å². The number of hydrogen-bond donors (Lipinski definition) is 1. The molecule has 0 radical (unpaired) electrons. The second kappa shape index (κ2) is 8.61. The van der Waals surface area contributed by atoms with E-state index in [-0.39, 0.29) is 11.2 Å². The van der Waals surface area contributed by atoms with Gasteiger partial charge in [0.1, 0.15) is 0 Å². The van der Waals surface area contributed by atoms with Gasteiger partial charge in [-0.1, -0.05) is 62.0 Å². The minimum Gasteiger partial charge on any atom is -0.411 e. The lowest BCUT2D eigenvalue weighted by molar-refractivity contribution is -0.115. The SMILES string of the molecule is Cc1ccccc1-c1nnc(SC(C)C(=O)Nc2c(C)cccc2C(C)C)o1. The lowest BCUT2D eigenvalue weighted by Gasteiger charge is -2.18. The molecule has 1 amide bonds. The third-order valence-electron chi connectivity index (χ3n) is 4.60. The molecular formula is C22H25N3O2S. The van der Waals surface area contributed by atoms with Crippen molar-refractivity contribution in [3.63, 3.8) is 0 Å². The topological polar surface area (TPSA) is 68.0 Å². The Bertz CT molecular complexity index is 981. The number of thioether (sulfide) groups is 1. The molecule has 0 spiro atoms. The van der Waals surface area contributed by atoms with Crippen LogP contribution in [0.5, 0.6) is 0 Å². The largest absolute Gasteiger partial charge is 0.411 e. The third-order valence-corrected chi connectivity index (χ3v) is 5.54. The molecule has 6 heteroatoms. The monoisotopic (exact) mass is 395 g/mol. The second-order valence-corrected chi connectivity index (χ2v) is 8.42. The Morgan fingerprint density at radius 3 is 2.43 bits per heavy atom. The molecule has 1 heterocycles. The lowest BCUT2D eigenvalue weighted by atomic mass is 9.98. The molecular weight excluding hydrogens is 370 g/mol. The van der Waals surface area contributed by atoms with Crippen molar-refractivity contribution >= 4 is 23.4 Å². The fourth-order valence-electron chi connectivity index (χ4n) is 2.95. The summed E-state index contributed by atoms with van der Waals surface area (Å²) in [6, 6.07) is 13.9. The maximum atomic E-state index is 12.8. The summed E-state index contributed by atoms with van der Waals surface area (Å²) in [5.41, 5.74) is 5.04. The van der Waals surface area contributed by atoms with E-state index in [0.717, 1.165) is 27.9 Å². The summed E-state index contributed by atoms with van der Waals surface area (Å²) in [6.07, 6.45) is 0. The van der Waals surface area contributed by atoms with Crippen LogP contribution in [0, 0.1) is 13.8 Å². The van der Waals surface area contributed by atoms with Gasteiger partial charge in [0, 0.05) is 11.3 Å². The van der Waals surface area contributed by atoms with Crippen LogP contribution in [-0.2, 0) is 4.79 Å². The second-order valence-electron chi connectivity index (χ2n) is 7.13. The molecule has 28 heavy (non-hydrogen) atoms. The number of hydrogen-bond acceptors (Lipinski definition) is 5. The fourth-order valence-corrected chi connectivity index (χ4v) is 3.63. The number of aryl methyl sites for hydroxylation is 2. The Kier molecular flexibility index (Phi) is 6.19. The molecule has 0 fully saturated rings. The number of rotatable bonds is 6. The van der Waals surface area contributed by atoms with E-state index in [9.17, 15) is 4.79 Å². The molecule has 1 aromatic heterocycles. The van der Waals surface area contributed by atoms with Crippen LogP contribution in [0.2, 0.25) is 0 Å². The maximum Gasteiger partial charge on any atom is 0.277 e. The fraction of sp³-hybridized carbons (Fsp3) is 0.318. The van der Waals surface area contributed by atoms with Gasteiger partial charge in [0.25, 0.3) is 5.22 Å². The highest BCUT2D eigenvalue weighted by Crippen LogP contribution is 2.30. The van der Waals surface area contributed by atoms with Gasteiger partial charge in [-0.3, -0.25) is 4.79 Å². The first kappa shape index (κ1) is 20.1. The predicted molar refractivity (Wildman–Crippen MR) is 114 cm³/mol. The van der Waals surface area contributed by atoms with Gasteiger partial charge in [-0.05, 0) is 49.4 Å². The van der Waals surface area contributed by atoms with Gasteiger partial charge in [-0.25, -0.2) is 0 Å². The van der Waals surface area contributed by atoms with Crippen LogP contribution in [0.3, 0.4) is 0 Å². The van der Waals surface area contributed by atoms with E-state index in [0.29, 0.717) is 17.0 Å². The zero-order valence-electron chi connectivity index (χ0n) is 16.8. The quantitative estimate of drug-likeness (QED) is 0.551. The van der Waals surface area contributed by atoms with Crippen LogP contribution in [0.4, 0.5) is 5.69 Å². The molecule has 0 saturated heterocycles. The number of benzene rings is 2. The maximum absolute atomic E-state index is 12.8. The van der Waals surface area contributed by atoms with E-state index in [4.69, 9.17) is 4.42 Å². The Labute approximate surface area is 170 Å². The van der Waals surface area contributed by atoms with Crippen molar-refractivity contribution in [3.05, 3.63) is 59.2 Å². The smallest absolute Gasteiger partial charge is 0.277 e. The highest BCUT2D eigenvalue weighted by atomic mass is 32.2. The van der Waals surface area contributed by atoms with Crippen molar-refractivity contribution in [2.24, 2.45) is 0 Å². The molecule has 0 bridgehead atoms. The van der Waals surface area contributed by atoms with E-state index in [2.05, 4.69) is 35.4 Å². The zero-order valence-corrected chi connectivity index (χ0v) is 17.6. The van der Waals surface area contributed by atoms with Gasteiger partial charge in [0.05, 0.1) is 5.25 Å². The molecule has 3 aromatic rings. The van der Waals surface area contributed by atoms with Crippen molar-refractivity contribution in [1.29, 1.82) is 0 Å². The summed E-state index contributed by atoms with van der Waals surface area (Å²) in [7, 11) is 0. The molecule has 146 valence electrons. The molecule has 1 atom stereocenters. The number of carbonyl (C=O) groups excluding carboxylic acids is 1. The highest BCUT2D eigenvalue weighted by Gasteiger charge is 2.21. The third kappa shape index (κ3) is 4.44. The van der Waals surface area contributed by atoms with Crippen LogP contribution in [0.15, 0.2) is 52.1 Å². The number of anilines is 1. The number of nitrogens with one attached hydrogen (secondary N) is 1. The van der Waals surface area contributed by atoms with Gasteiger partial charge in [0.2, 0.25) is 11.8 Å². The van der Waals surface area contributed by atoms with Crippen molar-refractivity contribution in [2.75, 3.05) is 5.32 Å².